The summed E-state index contributed by atoms with van der Waals surface area (Å²) in [5.41, 5.74) is 1.09. The molecule has 2 aliphatic heterocycles. The second-order valence-electron chi connectivity index (χ2n) is 6.77. The van der Waals surface area contributed by atoms with Crippen molar-refractivity contribution in [1.29, 1.82) is 0 Å². The van der Waals surface area contributed by atoms with Gasteiger partial charge in [-0.15, -0.1) is 0 Å². The number of rotatable bonds is 6. The van der Waals surface area contributed by atoms with E-state index in [1.807, 2.05) is 47.4 Å². The first-order valence-electron chi connectivity index (χ1n) is 9.67. The van der Waals surface area contributed by atoms with E-state index in [-0.39, 0.29) is 12.8 Å². The first-order chi connectivity index (χ1) is 14.2. The van der Waals surface area contributed by atoms with E-state index in [4.69, 9.17) is 18.9 Å². The van der Waals surface area contributed by atoms with E-state index in [1.54, 1.807) is 7.11 Å². The lowest BCUT2D eigenvalue weighted by molar-refractivity contribution is 0.174. The van der Waals surface area contributed by atoms with E-state index in [0.29, 0.717) is 26.2 Å². The minimum atomic E-state index is -0.0614. The molecule has 2 aliphatic rings. The second kappa shape index (κ2) is 8.81. The highest BCUT2D eigenvalue weighted by molar-refractivity contribution is 5.74. The monoisotopic (exact) mass is 399 g/mol. The van der Waals surface area contributed by atoms with Crippen molar-refractivity contribution in [2.24, 2.45) is 0 Å². The maximum absolute atomic E-state index is 12.4. The Morgan fingerprint density at radius 3 is 2.48 bits per heavy atom. The molecule has 0 saturated carbocycles. The number of nitrogens with one attached hydrogen (secondary N) is 1. The molecule has 2 heterocycles. The van der Waals surface area contributed by atoms with E-state index in [0.717, 1.165) is 41.8 Å². The lowest BCUT2D eigenvalue weighted by Crippen LogP contribution is -2.52. The van der Waals surface area contributed by atoms with Crippen LogP contribution >= 0.6 is 0 Å². The van der Waals surface area contributed by atoms with E-state index in [9.17, 15) is 4.79 Å². The van der Waals surface area contributed by atoms with Gasteiger partial charge in [0, 0.05) is 37.9 Å². The number of carbonyl (C=O) groups is 1. The molecular weight excluding hydrogens is 374 g/mol. The van der Waals surface area contributed by atoms with Crippen molar-refractivity contribution in [3.05, 3.63) is 42.5 Å². The normalized spacial score (nSPS) is 15.2. The molecule has 8 heteroatoms. The van der Waals surface area contributed by atoms with Gasteiger partial charge in [0.25, 0.3) is 0 Å². The van der Waals surface area contributed by atoms with Gasteiger partial charge in [-0.05, 0) is 36.4 Å². The topological polar surface area (TPSA) is 72.5 Å². The van der Waals surface area contributed by atoms with Crippen LogP contribution in [0.4, 0.5) is 10.5 Å². The lowest BCUT2D eigenvalue weighted by Gasteiger charge is -2.36. The fourth-order valence-corrected chi connectivity index (χ4v) is 3.36. The molecule has 29 heavy (non-hydrogen) atoms. The number of hydrogen-bond acceptors (Lipinski definition) is 6. The predicted octanol–water partition coefficient (Wildman–Crippen LogP) is 2.33. The van der Waals surface area contributed by atoms with Gasteiger partial charge in [0.15, 0.2) is 11.5 Å². The van der Waals surface area contributed by atoms with Crippen LogP contribution in [0.15, 0.2) is 42.5 Å². The highest BCUT2D eigenvalue weighted by Crippen LogP contribution is 2.35. The van der Waals surface area contributed by atoms with E-state index >= 15 is 0 Å². The summed E-state index contributed by atoms with van der Waals surface area (Å²) in [6.45, 7) is 4.02. The standard InChI is InChI=1S/C21H25N3O5/c1-26-17-3-5-18(6-4-17)27-13-8-22-21(25)24-11-9-23(10-12-24)16-2-7-19-20(14-16)29-15-28-19/h2-7,14H,8-13,15H2,1H3,(H,22,25). The fraction of sp³-hybridized carbons (Fsp3) is 0.381. The lowest BCUT2D eigenvalue weighted by atomic mass is 10.2. The number of urea groups is 1. The number of fused-ring (bicyclic) bond motifs is 1. The van der Waals surface area contributed by atoms with Crippen molar-refractivity contribution in [1.82, 2.24) is 10.2 Å². The third kappa shape index (κ3) is 4.59. The van der Waals surface area contributed by atoms with Gasteiger partial charge in [0.05, 0.1) is 13.7 Å². The molecule has 2 amide bonds. The molecule has 8 nitrogen and oxygen atoms in total. The molecule has 0 spiro atoms. The van der Waals surface area contributed by atoms with Gasteiger partial charge >= 0.3 is 6.03 Å². The minimum absolute atomic E-state index is 0.0614. The summed E-state index contributed by atoms with van der Waals surface area (Å²) in [6, 6.07) is 13.3. The highest BCUT2D eigenvalue weighted by Gasteiger charge is 2.22. The van der Waals surface area contributed by atoms with Crippen LogP contribution in [0.25, 0.3) is 0 Å². The van der Waals surface area contributed by atoms with Crippen LogP contribution in [0.3, 0.4) is 0 Å². The number of amides is 2. The van der Waals surface area contributed by atoms with E-state index < -0.39 is 0 Å². The van der Waals surface area contributed by atoms with Gasteiger partial charge in [0.1, 0.15) is 18.1 Å². The smallest absolute Gasteiger partial charge is 0.317 e. The summed E-state index contributed by atoms with van der Waals surface area (Å²) < 4.78 is 21.6. The Hall–Kier alpha value is -3.29. The van der Waals surface area contributed by atoms with Crippen molar-refractivity contribution < 1.29 is 23.7 Å². The van der Waals surface area contributed by atoms with Gasteiger partial charge < -0.3 is 34.1 Å². The van der Waals surface area contributed by atoms with Crippen LogP contribution in [0, 0.1) is 0 Å². The summed E-state index contributed by atoms with van der Waals surface area (Å²) in [6.07, 6.45) is 0. The number of carbonyl (C=O) groups excluding carboxylic acids is 1. The zero-order valence-corrected chi connectivity index (χ0v) is 16.4. The first-order valence-corrected chi connectivity index (χ1v) is 9.67. The molecule has 0 atom stereocenters. The van der Waals surface area contributed by atoms with Crippen molar-refractivity contribution in [3.63, 3.8) is 0 Å². The number of benzene rings is 2. The van der Waals surface area contributed by atoms with Crippen molar-refractivity contribution >= 4 is 11.7 Å². The zero-order chi connectivity index (χ0) is 20.1. The summed E-state index contributed by atoms with van der Waals surface area (Å²) in [7, 11) is 1.63. The maximum Gasteiger partial charge on any atom is 0.317 e. The third-order valence-corrected chi connectivity index (χ3v) is 4.99. The largest absolute Gasteiger partial charge is 0.497 e. The number of hydrogen-bond donors (Lipinski definition) is 1. The van der Waals surface area contributed by atoms with Crippen molar-refractivity contribution in [2.45, 2.75) is 0 Å². The first kappa shape index (κ1) is 19.0. The molecule has 1 fully saturated rings. The van der Waals surface area contributed by atoms with E-state index in [2.05, 4.69) is 10.2 Å². The number of piperazine rings is 1. The van der Waals surface area contributed by atoms with Crippen LogP contribution in [-0.2, 0) is 0 Å². The van der Waals surface area contributed by atoms with Crippen LogP contribution in [0.2, 0.25) is 0 Å². The number of nitrogens with zero attached hydrogens (tertiary/aromatic N) is 2. The van der Waals surface area contributed by atoms with Crippen molar-refractivity contribution in [3.8, 4) is 23.0 Å². The molecule has 2 aromatic carbocycles. The van der Waals surface area contributed by atoms with Crippen LogP contribution in [-0.4, -0.2) is 64.2 Å². The molecule has 0 unspecified atom stereocenters. The molecule has 4 rings (SSSR count). The average Bonchev–Trinajstić information content (AvgIpc) is 3.25. The Balaban J connectivity index is 1.18. The molecular formula is C21H25N3O5. The molecule has 1 N–H and O–H groups in total. The quantitative estimate of drug-likeness (QED) is 0.752. The van der Waals surface area contributed by atoms with Crippen LogP contribution in [0.1, 0.15) is 0 Å². The fourth-order valence-electron chi connectivity index (χ4n) is 3.36. The van der Waals surface area contributed by atoms with Gasteiger partial charge in [-0.2, -0.15) is 0 Å². The Kier molecular flexibility index (Phi) is 5.79. The zero-order valence-electron chi connectivity index (χ0n) is 16.4. The summed E-state index contributed by atoms with van der Waals surface area (Å²) in [4.78, 5) is 16.5. The van der Waals surface area contributed by atoms with Crippen molar-refractivity contribution in [2.75, 3.05) is 58.1 Å². The number of ether oxygens (including phenoxy) is 4. The molecule has 0 aromatic heterocycles. The predicted molar refractivity (Wildman–Crippen MR) is 108 cm³/mol. The second-order valence-corrected chi connectivity index (χ2v) is 6.77. The highest BCUT2D eigenvalue weighted by atomic mass is 16.7. The molecule has 2 aromatic rings. The summed E-state index contributed by atoms with van der Waals surface area (Å²) >= 11 is 0. The average molecular weight is 399 g/mol. The van der Waals surface area contributed by atoms with Gasteiger partial charge in [-0.1, -0.05) is 0 Å². The molecule has 1 saturated heterocycles. The summed E-state index contributed by atoms with van der Waals surface area (Å²) in [5, 5.41) is 2.92. The van der Waals surface area contributed by atoms with Gasteiger partial charge in [0.2, 0.25) is 6.79 Å². The van der Waals surface area contributed by atoms with Crippen LogP contribution < -0.4 is 29.2 Å². The number of anilines is 1. The van der Waals surface area contributed by atoms with Gasteiger partial charge in [-0.3, -0.25) is 0 Å². The van der Waals surface area contributed by atoms with E-state index in [1.165, 1.54) is 0 Å². The third-order valence-electron chi connectivity index (χ3n) is 4.99. The maximum atomic E-state index is 12.4. The van der Waals surface area contributed by atoms with Gasteiger partial charge in [-0.25, -0.2) is 4.79 Å². The molecule has 0 radical (unpaired) electrons. The molecule has 0 bridgehead atoms. The Bertz CT molecular complexity index is 835. The SMILES string of the molecule is COc1ccc(OCCNC(=O)N2CCN(c3ccc4c(c3)OCO4)CC2)cc1. The number of methoxy groups -OCH3 is 1. The Labute approximate surface area is 169 Å². The minimum Gasteiger partial charge on any atom is -0.497 e. The molecule has 0 aliphatic carbocycles. The molecule has 154 valence electrons. The van der Waals surface area contributed by atoms with Crippen LogP contribution in [0.5, 0.6) is 23.0 Å². The Morgan fingerprint density at radius 1 is 1.00 bits per heavy atom. The Morgan fingerprint density at radius 2 is 1.72 bits per heavy atom. The summed E-state index contributed by atoms with van der Waals surface area (Å²) in [5.74, 6) is 3.09.